The van der Waals surface area contributed by atoms with Crippen LogP contribution >= 0.6 is 10.7 Å². The summed E-state index contributed by atoms with van der Waals surface area (Å²) in [5, 5.41) is 0. The van der Waals surface area contributed by atoms with Gasteiger partial charge in [-0.1, -0.05) is 13.8 Å². The molecule has 0 unspecified atom stereocenters. The fraction of sp³-hybridized carbons (Fsp3) is 0.600. The van der Waals surface area contributed by atoms with E-state index in [-0.39, 0.29) is 10.8 Å². The molecule has 0 heterocycles. The van der Waals surface area contributed by atoms with Gasteiger partial charge in [0.2, 0.25) is 0 Å². The standard InChI is InChI=1S/C15H23ClO4S/c1-11(2)13-10-15(21(16,17)18)12(3)9-14(13)20-8-6-5-7-19-4/h9-11H,5-8H2,1-4H3. The lowest BCUT2D eigenvalue weighted by molar-refractivity contribution is 0.184. The van der Waals surface area contributed by atoms with Crippen molar-refractivity contribution in [2.45, 2.75) is 44.4 Å². The molecule has 0 bridgehead atoms. The Kier molecular flexibility index (Phi) is 6.97. The summed E-state index contributed by atoms with van der Waals surface area (Å²) in [5.41, 5.74) is 1.45. The van der Waals surface area contributed by atoms with Crippen molar-refractivity contribution in [3.63, 3.8) is 0 Å². The molecular formula is C15H23ClO4S. The quantitative estimate of drug-likeness (QED) is 0.535. The Bertz CT molecular complexity index is 567. The predicted octanol–water partition coefficient (Wildman–Crippen LogP) is 3.85. The highest BCUT2D eigenvalue weighted by Gasteiger charge is 2.19. The van der Waals surface area contributed by atoms with E-state index >= 15 is 0 Å². The van der Waals surface area contributed by atoms with Crippen LogP contribution in [0, 0.1) is 6.92 Å². The number of halogens is 1. The van der Waals surface area contributed by atoms with Gasteiger partial charge in [-0.2, -0.15) is 0 Å². The lowest BCUT2D eigenvalue weighted by Gasteiger charge is -2.16. The van der Waals surface area contributed by atoms with E-state index in [1.807, 2.05) is 13.8 Å². The molecular weight excluding hydrogens is 312 g/mol. The lowest BCUT2D eigenvalue weighted by Crippen LogP contribution is -2.05. The fourth-order valence-corrected chi connectivity index (χ4v) is 3.26. The molecule has 0 aliphatic rings. The van der Waals surface area contributed by atoms with Crippen molar-refractivity contribution >= 4 is 19.7 Å². The SMILES string of the molecule is COCCCCOc1cc(C)c(S(=O)(=O)Cl)cc1C(C)C. The molecule has 0 amide bonds. The van der Waals surface area contributed by atoms with Crippen molar-refractivity contribution < 1.29 is 17.9 Å². The molecule has 0 aromatic heterocycles. The van der Waals surface area contributed by atoms with Crippen molar-refractivity contribution in [2.24, 2.45) is 0 Å². The Morgan fingerprint density at radius 3 is 2.33 bits per heavy atom. The normalized spacial score (nSPS) is 11.9. The van der Waals surface area contributed by atoms with Crippen LogP contribution in [0.2, 0.25) is 0 Å². The number of rotatable bonds is 8. The third-order valence-electron chi connectivity index (χ3n) is 3.19. The molecule has 21 heavy (non-hydrogen) atoms. The number of ether oxygens (including phenoxy) is 2. The van der Waals surface area contributed by atoms with Crippen molar-refractivity contribution in [3.05, 3.63) is 23.3 Å². The Balaban J connectivity index is 2.96. The van der Waals surface area contributed by atoms with Gasteiger partial charge in [0.1, 0.15) is 5.75 Å². The Morgan fingerprint density at radius 2 is 1.81 bits per heavy atom. The van der Waals surface area contributed by atoms with Crippen LogP contribution in [0.3, 0.4) is 0 Å². The number of unbranched alkanes of at least 4 members (excludes halogenated alkanes) is 1. The molecule has 4 nitrogen and oxygen atoms in total. The first kappa shape index (κ1) is 18.3. The molecule has 6 heteroatoms. The molecule has 0 fully saturated rings. The number of benzene rings is 1. The van der Waals surface area contributed by atoms with E-state index in [1.54, 1.807) is 26.2 Å². The monoisotopic (exact) mass is 334 g/mol. The van der Waals surface area contributed by atoms with E-state index < -0.39 is 9.05 Å². The van der Waals surface area contributed by atoms with Gasteiger partial charge in [-0.15, -0.1) is 0 Å². The summed E-state index contributed by atoms with van der Waals surface area (Å²) in [6, 6.07) is 3.37. The summed E-state index contributed by atoms with van der Waals surface area (Å²) >= 11 is 0. The Morgan fingerprint density at radius 1 is 1.19 bits per heavy atom. The van der Waals surface area contributed by atoms with Crippen LogP contribution in [0.15, 0.2) is 17.0 Å². The second kappa shape index (κ2) is 8.01. The highest BCUT2D eigenvalue weighted by molar-refractivity contribution is 8.13. The van der Waals surface area contributed by atoms with Gasteiger partial charge in [0.15, 0.2) is 0 Å². The maximum absolute atomic E-state index is 11.6. The third-order valence-corrected chi connectivity index (χ3v) is 4.66. The van der Waals surface area contributed by atoms with Crippen LogP contribution in [0.4, 0.5) is 0 Å². The minimum Gasteiger partial charge on any atom is -0.493 e. The molecule has 0 aliphatic heterocycles. The van der Waals surface area contributed by atoms with Gasteiger partial charge in [-0.25, -0.2) is 8.42 Å². The van der Waals surface area contributed by atoms with Crippen LogP contribution in [0.1, 0.15) is 43.7 Å². The minimum absolute atomic E-state index is 0.150. The topological polar surface area (TPSA) is 52.6 Å². The Hall–Kier alpha value is -0.780. The van der Waals surface area contributed by atoms with E-state index in [0.717, 1.165) is 24.2 Å². The first-order chi connectivity index (χ1) is 9.77. The predicted molar refractivity (Wildman–Crippen MR) is 84.9 cm³/mol. The van der Waals surface area contributed by atoms with Crippen LogP contribution in [0.25, 0.3) is 0 Å². The molecule has 0 saturated carbocycles. The molecule has 0 atom stereocenters. The average molecular weight is 335 g/mol. The molecule has 0 radical (unpaired) electrons. The van der Waals surface area contributed by atoms with Crippen LogP contribution in [0.5, 0.6) is 5.75 Å². The summed E-state index contributed by atoms with van der Waals surface area (Å²) < 4.78 is 34.0. The second-order valence-electron chi connectivity index (χ2n) is 5.30. The van der Waals surface area contributed by atoms with E-state index in [4.69, 9.17) is 20.2 Å². The van der Waals surface area contributed by atoms with Gasteiger partial charge in [-0.05, 0) is 48.9 Å². The van der Waals surface area contributed by atoms with E-state index in [9.17, 15) is 8.42 Å². The van der Waals surface area contributed by atoms with E-state index in [2.05, 4.69) is 0 Å². The molecule has 1 aromatic rings. The zero-order valence-electron chi connectivity index (χ0n) is 13.0. The van der Waals surface area contributed by atoms with Gasteiger partial charge in [0.25, 0.3) is 9.05 Å². The molecule has 0 N–H and O–H groups in total. The van der Waals surface area contributed by atoms with Gasteiger partial charge < -0.3 is 9.47 Å². The lowest BCUT2D eigenvalue weighted by atomic mass is 10.0. The highest BCUT2D eigenvalue weighted by Crippen LogP contribution is 2.33. The van der Waals surface area contributed by atoms with Gasteiger partial charge in [0.05, 0.1) is 11.5 Å². The first-order valence-corrected chi connectivity index (χ1v) is 9.29. The molecule has 0 saturated heterocycles. The maximum Gasteiger partial charge on any atom is 0.261 e. The zero-order chi connectivity index (χ0) is 16.0. The molecule has 0 spiro atoms. The summed E-state index contributed by atoms with van der Waals surface area (Å²) in [4.78, 5) is 0.152. The second-order valence-corrected chi connectivity index (χ2v) is 7.83. The minimum atomic E-state index is -3.74. The van der Waals surface area contributed by atoms with Crippen molar-refractivity contribution in [1.29, 1.82) is 0 Å². The molecule has 120 valence electrons. The molecule has 1 rings (SSSR count). The number of methoxy groups -OCH3 is 1. The first-order valence-electron chi connectivity index (χ1n) is 6.98. The van der Waals surface area contributed by atoms with Crippen LogP contribution in [-0.2, 0) is 13.8 Å². The van der Waals surface area contributed by atoms with Gasteiger partial charge in [-0.3, -0.25) is 0 Å². The third kappa shape index (κ3) is 5.49. The van der Waals surface area contributed by atoms with Crippen LogP contribution < -0.4 is 4.74 Å². The summed E-state index contributed by atoms with van der Waals surface area (Å²) in [6.07, 6.45) is 1.82. The van der Waals surface area contributed by atoms with Gasteiger partial charge in [0, 0.05) is 24.4 Å². The number of hydrogen-bond acceptors (Lipinski definition) is 4. The zero-order valence-corrected chi connectivity index (χ0v) is 14.6. The van der Waals surface area contributed by atoms with Crippen molar-refractivity contribution in [3.8, 4) is 5.75 Å². The van der Waals surface area contributed by atoms with Crippen LogP contribution in [-0.4, -0.2) is 28.7 Å². The highest BCUT2D eigenvalue weighted by atomic mass is 35.7. The maximum atomic E-state index is 11.6. The smallest absolute Gasteiger partial charge is 0.261 e. The molecule has 0 aliphatic carbocycles. The number of aryl methyl sites for hydroxylation is 1. The van der Waals surface area contributed by atoms with Crippen molar-refractivity contribution in [1.82, 2.24) is 0 Å². The average Bonchev–Trinajstić information content (AvgIpc) is 2.36. The van der Waals surface area contributed by atoms with Gasteiger partial charge >= 0.3 is 0 Å². The summed E-state index contributed by atoms with van der Waals surface area (Å²) in [6.45, 7) is 7.00. The molecule has 1 aromatic carbocycles. The summed E-state index contributed by atoms with van der Waals surface area (Å²) in [5.74, 6) is 0.876. The largest absolute Gasteiger partial charge is 0.493 e. The fourth-order valence-electron chi connectivity index (χ4n) is 2.05. The Labute approximate surface area is 131 Å². The van der Waals surface area contributed by atoms with E-state index in [0.29, 0.717) is 18.8 Å². The summed E-state index contributed by atoms with van der Waals surface area (Å²) in [7, 11) is 3.41. The van der Waals surface area contributed by atoms with E-state index in [1.165, 1.54) is 0 Å². The number of hydrogen-bond donors (Lipinski definition) is 0. The van der Waals surface area contributed by atoms with Crippen molar-refractivity contribution in [2.75, 3.05) is 20.3 Å².